The Hall–Kier alpha value is -14.2. The molecule has 0 spiro atoms. The number of nitrogens with one attached hydrogen (secondary N) is 10. The monoisotopic (exact) mass is 1870 g/mol. The first-order valence-corrected chi connectivity index (χ1v) is 47.8. The van der Waals surface area contributed by atoms with Gasteiger partial charge in [0.2, 0.25) is 0 Å². The second-order valence-electron chi connectivity index (χ2n) is 47.6. The molecule has 0 saturated carbocycles. The van der Waals surface area contributed by atoms with Gasteiger partial charge in [-0.25, -0.2) is 24.0 Å². The lowest BCUT2D eigenvalue weighted by atomic mass is 9.85. The van der Waals surface area contributed by atoms with Gasteiger partial charge in [0, 0.05) is 55.6 Å². The van der Waals surface area contributed by atoms with E-state index in [9.17, 15) is 34.2 Å². The molecule has 0 aromatic heterocycles. The number of amides is 10. The van der Waals surface area contributed by atoms with Crippen molar-refractivity contribution < 1.29 is 34.2 Å². The van der Waals surface area contributed by atoms with E-state index < -0.39 is 41.4 Å². The number of aliphatic hydroxyl groups is 2. The topological polar surface area (TPSA) is 246 Å². The van der Waals surface area contributed by atoms with Gasteiger partial charge in [-0.2, -0.15) is 0 Å². The first-order valence-electron chi connectivity index (χ1n) is 47.8. The molecule has 12 N–H and O–H groups in total. The summed E-state index contributed by atoms with van der Waals surface area (Å²) in [5, 5.41) is 52.1. The van der Waals surface area contributed by atoms with Crippen molar-refractivity contribution in [2.75, 3.05) is 53.2 Å². The van der Waals surface area contributed by atoms with E-state index in [4.69, 9.17) is 0 Å². The average molecular weight is 1870 g/mol. The summed E-state index contributed by atoms with van der Waals surface area (Å²) in [6.07, 6.45) is 0. The zero-order valence-electron chi connectivity index (χ0n) is 88.8. The zero-order chi connectivity index (χ0) is 104. The SMILES string of the molecule is CC(C)(O)C#Cc1cc(C(C)(C)C)ccc1NC(=O)Nc1ccc(C(C)(C)C)cc1C#Cc1cc(C(C)(C)C)ccc1NC(=O)Nc1ccc(C(C)(C)C)cc1C#Cc1cc(C(C)(C)C)ccc1NC(=O)Nc1ccc(C(C)(C)C)cc1C#Cc1cc(C(C)(C)C)ccc1NC(=O)Nc1ccc(C(C)(C)C)cc1C#Cc1cc(C(C)(C)C)ccc1NC(=O)Nc1ccc(C(C)(C)C)cc1C#CC(C)(C)O. The predicted octanol–water partition coefficient (Wildman–Crippen LogP) is 28.7. The summed E-state index contributed by atoms with van der Waals surface area (Å²) in [6.45, 7) is 69.7. The van der Waals surface area contributed by atoms with Gasteiger partial charge >= 0.3 is 30.2 Å². The zero-order valence-corrected chi connectivity index (χ0v) is 88.8. The van der Waals surface area contributed by atoms with Gasteiger partial charge in [-0.05, 0) is 259 Å². The van der Waals surface area contributed by atoms with E-state index >= 15 is 0 Å². The first kappa shape index (κ1) is 108. The lowest BCUT2D eigenvalue weighted by Gasteiger charge is -2.22. The largest absolute Gasteiger partial charge is 0.378 e. The molecule has 0 bridgehead atoms. The highest BCUT2D eigenvalue weighted by Crippen LogP contribution is 2.39. The highest BCUT2D eigenvalue weighted by Gasteiger charge is 2.29. The molecule has 0 radical (unpaired) electrons. The Morgan fingerprint density at radius 3 is 0.343 bits per heavy atom. The quantitative estimate of drug-likeness (QED) is 0.0590. The lowest BCUT2D eigenvalue weighted by molar-refractivity contribution is 0.143. The Kier molecular flexibility index (Phi) is 32.0. The fourth-order valence-corrected chi connectivity index (χ4v) is 14.6. The number of carbonyl (C=O) groups is 5. The Balaban J connectivity index is 0.943. The van der Waals surface area contributed by atoms with Crippen molar-refractivity contribution in [3.8, 4) is 71.0 Å². The van der Waals surface area contributed by atoms with Gasteiger partial charge in [-0.1, -0.05) is 339 Å². The molecule has 17 heteroatoms. The number of benzene rings is 10. The van der Waals surface area contributed by atoms with E-state index in [2.05, 4.69) is 332 Å². The van der Waals surface area contributed by atoms with Crippen LogP contribution in [0.25, 0.3) is 0 Å². The van der Waals surface area contributed by atoms with Crippen molar-refractivity contribution in [3.63, 3.8) is 0 Å². The standard InChI is InChI=1S/C123H144N10O7/c1-112(2,3)87-43-53-97(77(67-87)35-37-79-69-89(114(7,8)9)45-55-99(79)126-108(135)128-101-57-47-91(116(13,14)15)71-81(101)39-41-83-73-93(118(19,20)21)49-59-103(83)130-110(137)132-105-61-51-95(120(25,26)27)75-85(105)63-65-122(31,32)139)124-107(134)125-98-54-44-88(113(4,5)6)68-78(98)36-38-80-70-90(115(10,11)12)46-56-100(80)127-109(136)129-102-58-48-92(117(16,17)18)72-82(102)40-42-84-74-94(119(22,23)24)50-60-104(84)131-111(138)133-106-62-52-96(121(28,29)30)76-86(106)64-66-123(33,34)140/h43-62,67-76,139-140H,1-34H3,(H2,124,125,134)(H2,126,128,135)(H2,127,129,136)(H2,130,132,137)(H2,131,133,138). The summed E-state index contributed by atoms with van der Waals surface area (Å²) in [5.74, 6) is 39.3. The number of urea groups is 5. The maximum atomic E-state index is 14.9. The van der Waals surface area contributed by atoms with E-state index in [0.717, 1.165) is 55.6 Å². The molecule has 0 fully saturated rings. The molecule has 0 saturated heterocycles. The van der Waals surface area contributed by atoms with Gasteiger partial charge in [0.1, 0.15) is 11.2 Å². The van der Waals surface area contributed by atoms with E-state index in [1.54, 1.807) is 27.7 Å². The first-order chi connectivity index (χ1) is 64.4. The van der Waals surface area contributed by atoms with Crippen LogP contribution >= 0.6 is 0 Å². The third-order valence-electron chi connectivity index (χ3n) is 23.7. The fourth-order valence-electron chi connectivity index (χ4n) is 14.6. The molecule has 0 atom stereocenters. The number of hydrogen-bond acceptors (Lipinski definition) is 7. The van der Waals surface area contributed by atoms with Crippen LogP contribution in [0, 0.1) is 71.0 Å². The fraction of sp³-hybridized carbons (Fsp3) is 0.374. The summed E-state index contributed by atoms with van der Waals surface area (Å²) in [4.78, 5) is 73.0. The minimum atomic E-state index is -1.27. The van der Waals surface area contributed by atoms with E-state index in [1.807, 2.05) is 182 Å². The maximum Gasteiger partial charge on any atom is 0.323 e. The van der Waals surface area contributed by atoms with E-state index in [1.165, 1.54) is 0 Å². The molecule has 17 nitrogen and oxygen atoms in total. The smallest absolute Gasteiger partial charge is 0.323 e. The van der Waals surface area contributed by atoms with Crippen LogP contribution in [0.1, 0.15) is 347 Å². The second-order valence-corrected chi connectivity index (χ2v) is 47.6. The number of carbonyl (C=O) groups excluding carboxylic acids is 5. The highest BCUT2D eigenvalue weighted by molar-refractivity contribution is 6.06. The molecule has 0 aliphatic carbocycles. The van der Waals surface area contributed by atoms with Crippen molar-refractivity contribution in [2.45, 2.75) is 301 Å². The average Bonchev–Trinajstić information content (AvgIpc) is 0.803. The van der Waals surface area contributed by atoms with Crippen LogP contribution in [0.3, 0.4) is 0 Å². The van der Waals surface area contributed by atoms with Crippen molar-refractivity contribution in [3.05, 3.63) is 293 Å². The van der Waals surface area contributed by atoms with Gasteiger partial charge in [0.15, 0.2) is 0 Å². The van der Waals surface area contributed by atoms with Crippen LogP contribution in [0.5, 0.6) is 0 Å². The molecule has 728 valence electrons. The Morgan fingerprint density at radius 1 is 0.164 bits per heavy atom. The normalized spacial score (nSPS) is 12.1. The van der Waals surface area contributed by atoms with Crippen LogP contribution in [0.15, 0.2) is 182 Å². The van der Waals surface area contributed by atoms with Crippen LogP contribution in [0.4, 0.5) is 80.8 Å². The van der Waals surface area contributed by atoms with E-state index in [-0.39, 0.29) is 54.1 Å². The molecule has 0 heterocycles. The molecule has 10 amide bonds. The summed E-state index contributed by atoms with van der Waals surface area (Å²) in [7, 11) is 0. The lowest BCUT2D eigenvalue weighted by Crippen LogP contribution is -2.22. The molecule has 0 aliphatic rings. The van der Waals surface area contributed by atoms with Crippen molar-refractivity contribution in [1.82, 2.24) is 0 Å². The maximum absolute atomic E-state index is 14.9. The summed E-state index contributed by atoms with van der Waals surface area (Å²) < 4.78 is 0. The van der Waals surface area contributed by atoms with Gasteiger partial charge in [-0.3, -0.25) is 0 Å². The third-order valence-corrected chi connectivity index (χ3v) is 23.7. The highest BCUT2D eigenvalue weighted by atomic mass is 16.3. The number of rotatable bonds is 10. The van der Waals surface area contributed by atoms with Gasteiger partial charge in [0.25, 0.3) is 0 Å². The number of anilines is 10. The molecule has 140 heavy (non-hydrogen) atoms. The Bertz CT molecular complexity index is 6470. The van der Waals surface area contributed by atoms with Crippen LogP contribution in [-0.4, -0.2) is 51.6 Å². The number of hydrogen-bond donors (Lipinski definition) is 12. The Morgan fingerprint density at radius 2 is 0.257 bits per heavy atom. The van der Waals surface area contributed by atoms with Crippen LogP contribution in [0.2, 0.25) is 0 Å². The molecular weight excluding hydrogens is 1730 g/mol. The molecule has 10 aromatic rings. The third kappa shape index (κ3) is 30.4. The molecular formula is C123H144N10O7. The van der Waals surface area contributed by atoms with Gasteiger partial charge in [-0.15, -0.1) is 0 Å². The minimum absolute atomic E-state index is 0.210. The second kappa shape index (κ2) is 41.5. The van der Waals surface area contributed by atoms with E-state index in [0.29, 0.717) is 113 Å². The minimum Gasteiger partial charge on any atom is -0.378 e. The summed E-state index contributed by atoms with van der Waals surface area (Å²) >= 11 is 0. The van der Waals surface area contributed by atoms with Crippen molar-refractivity contribution >= 4 is 87.0 Å². The van der Waals surface area contributed by atoms with Crippen LogP contribution < -0.4 is 53.2 Å². The molecule has 0 aliphatic heterocycles. The van der Waals surface area contributed by atoms with Crippen molar-refractivity contribution in [1.29, 1.82) is 0 Å². The van der Waals surface area contributed by atoms with Gasteiger partial charge < -0.3 is 63.4 Å². The molecule has 10 rings (SSSR count). The predicted molar refractivity (Wildman–Crippen MR) is 585 cm³/mol. The van der Waals surface area contributed by atoms with Crippen molar-refractivity contribution in [2.24, 2.45) is 0 Å². The molecule has 10 aromatic carbocycles. The summed E-state index contributed by atoms with van der Waals surface area (Å²) in [6, 6.07) is 55.2. The van der Waals surface area contributed by atoms with Crippen LogP contribution in [-0.2, 0) is 54.1 Å². The molecule has 0 unspecified atom stereocenters. The Labute approximate surface area is 834 Å². The summed E-state index contributed by atoms with van der Waals surface area (Å²) in [5.41, 5.74) is 14.1. The van der Waals surface area contributed by atoms with Gasteiger partial charge in [0.05, 0.1) is 56.9 Å².